The highest BCUT2D eigenvalue weighted by atomic mass is 16.4. The van der Waals surface area contributed by atoms with Crippen molar-refractivity contribution < 1.29 is 24.6 Å². The molecule has 2 unspecified atom stereocenters. The second kappa shape index (κ2) is 5.75. The van der Waals surface area contributed by atoms with Gasteiger partial charge >= 0.3 is 0 Å². The Hall–Kier alpha value is -2.83. The van der Waals surface area contributed by atoms with Crippen molar-refractivity contribution in [2.24, 2.45) is 0 Å². The minimum absolute atomic E-state index is 0.184. The van der Waals surface area contributed by atoms with Crippen LogP contribution in [0.3, 0.4) is 0 Å². The van der Waals surface area contributed by atoms with E-state index in [1.54, 1.807) is 30.3 Å². The number of nitrogens with zero attached hydrogens (tertiary/aromatic N) is 1. The van der Waals surface area contributed by atoms with Crippen molar-refractivity contribution in [3.8, 4) is 0 Å². The molecule has 2 aromatic carbocycles. The topological polar surface area (TPSA) is 94.9 Å². The fraction of sp³-hybridized carbons (Fsp3) is 0.118. The molecule has 0 bridgehead atoms. The maximum Gasteiger partial charge on any atom is 0.265 e. The lowest BCUT2D eigenvalue weighted by atomic mass is 10.0. The Morgan fingerprint density at radius 2 is 1.26 bits per heavy atom. The Labute approximate surface area is 131 Å². The van der Waals surface area contributed by atoms with Crippen LogP contribution in [0.5, 0.6) is 0 Å². The number of carbonyl (C=O) groups is 3. The molecule has 2 amide bonds. The molecule has 0 aromatic heterocycles. The summed E-state index contributed by atoms with van der Waals surface area (Å²) >= 11 is 0. The Balaban J connectivity index is 1.87. The van der Waals surface area contributed by atoms with Gasteiger partial charge in [-0.25, -0.2) is 4.90 Å². The van der Waals surface area contributed by atoms with E-state index in [9.17, 15) is 24.6 Å². The first-order valence-corrected chi connectivity index (χ1v) is 6.94. The van der Waals surface area contributed by atoms with Gasteiger partial charge in [0, 0.05) is 11.1 Å². The van der Waals surface area contributed by atoms with Crippen molar-refractivity contribution in [1.82, 2.24) is 0 Å². The fourth-order valence-corrected chi connectivity index (χ4v) is 2.42. The lowest BCUT2D eigenvalue weighted by Gasteiger charge is -2.14. The van der Waals surface area contributed by atoms with E-state index in [0.717, 1.165) is 0 Å². The molecule has 2 atom stereocenters. The van der Waals surface area contributed by atoms with Gasteiger partial charge in [0.05, 0.1) is 5.69 Å². The van der Waals surface area contributed by atoms with Gasteiger partial charge in [-0.1, -0.05) is 30.3 Å². The minimum Gasteiger partial charge on any atom is -0.380 e. The number of aliphatic hydroxyl groups is 2. The van der Waals surface area contributed by atoms with Gasteiger partial charge in [-0.3, -0.25) is 14.4 Å². The average molecular weight is 311 g/mol. The molecule has 1 fully saturated rings. The van der Waals surface area contributed by atoms with Gasteiger partial charge in [0.25, 0.3) is 11.8 Å². The number of ketones is 1. The molecule has 116 valence electrons. The molecule has 1 heterocycles. The number of rotatable bonds is 3. The van der Waals surface area contributed by atoms with E-state index in [1.807, 2.05) is 0 Å². The van der Waals surface area contributed by atoms with Gasteiger partial charge < -0.3 is 10.2 Å². The molecule has 3 rings (SSSR count). The second-order valence-electron chi connectivity index (χ2n) is 5.14. The van der Waals surface area contributed by atoms with Crippen LogP contribution in [-0.2, 0) is 9.59 Å². The predicted molar refractivity (Wildman–Crippen MR) is 80.8 cm³/mol. The summed E-state index contributed by atoms with van der Waals surface area (Å²) in [6.07, 6.45) is -3.51. The summed E-state index contributed by atoms with van der Waals surface area (Å²) in [5, 5.41) is 18.9. The Kier molecular flexibility index (Phi) is 3.77. The number of amides is 2. The van der Waals surface area contributed by atoms with Gasteiger partial charge in [-0.05, 0) is 24.3 Å². The number of aliphatic hydroxyl groups excluding tert-OH is 2. The Morgan fingerprint density at radius 3 is 1.78 bits per heavy atom. The Bertz CT molecular complexity index is 749. The summed E-state index contributed by atoms with van der Waals surface area (Å²) in [5.41, 5.74) is 1.12. The lowest BCUT2D eigenvalue weighted by molar-refractivity contribution is -0.129. The first-order valence-electron chi connectivity index (χ1n) is 6.94. The third kappa shape index (κ3) is 2.54. The molecular weight excluding hydrogens is 298 g/mol. The van der Waals surface area contributed by atoms with E-state index in [1.165, 1.54) is 24.3 Å². The fourth-order valence-electron chi connectivity index (χ4n) is 2.42. The van der Waals surface area contributed by atoms with Crippen molar-refractivity contribution in [2.75, 3.05) is 4.90 Å². The van der Waals surface area contributed by atoms with Gasteiger partial charge in [-0.2, -0.15) is 0 Å². The first kappa shape index (κ1) is 15.1. The zero-order valence-electron chi connectivity index (χ0n) is 11.9. The highest BCUT2D eigenvalue weighted by molar-refractivity contribution is 6.24. The smallest absolute Gasteiger partial charge is 0.265 e. The van der Waals surface area contributed by atoms with Crippen LogP contribution in [0.1, 0.15) is 15.9 Å². The van der Waals surface area contributed by atoms with Crippen LogP contribution < -0.4 is 4.90 Å². The SMILES string of the molecule is O=C(c1ccccc1)c1ccc(N2C(=O)C(O)C(O)C2=O)cc1. The third-order valence-electron chi connectivity index (χ3n) is 3.67. The molecular formula is C17H13NO5. The van der Waals surface area contributed by atoms with Crippen molar-refractivity contribution in [2.45, 2.75) is 12.2 Å². The normalized spacial score (nSPS) is 20.9. The van der Waals surface area contributed by atoms with Crippen LogP contribution >= 0.6 is 0 Å². The zero-order valence-corrected chi connectivity index (χ0v) is 11.9. The Morgan fingerprint density at radius 1 is 0.783 bits per heavy atom. The van der Waals surface area contributed by atoms with Gasteiger partial charge in [0.2, 0.25) is 0 Å². The predicted octanol–water partition coefficient (Wildman–Crippen LogP) is 0.513. The molecule has 0 spiro atoms. The summed E-state index contributed by atoms with van der Waals surface area (Å²) < 4.78 is 0. The maximum absolute atomic E-state index is 12.3. The average Bonchev–Trinajstić information content (AvgIpc) is 2.79. The molecule has 1 aliphatic heterocycles. The highest BCUT2D eigenvalue weighted by Gasteiger charge is 2.46. The van der Waals surface area contributed by atoms with E-state index in [4.69, 9.17) is 0 Å². The molecule has 1 saturated heterocycles. The van der Waals surface area contributed by atoms with E-state index in [2.05, 4.69) is 0 Å². The number of anilines is 1. The third-order valence-corrected chi connectivity index (χ3v) is 3.67. The van der Waals surface area contributed by atoms with Gasteiger partial charge in [0.15, 0.2) is 18.0 Å². The zero-order chi connectivity index (χ0) is 16.6. The largest absolute Gasteiger partial charge is 0.380 e. The minimum atomic E-state index is -1.76. The molecule has 6 nitrogen and oxygen atoms in total. The molecule has 0 aliphatic carbocycles. The van der Waals surface area contributed by atoms with Crippen molar-refractivity contribution in [1.29, 1.82) is 0 Å². The summed E-state index contributed by atoms with van der Waals surface area (Å²) in [7, 11) is 0. The van der Waals surface area contributed by atoms with Crippen LogP contribution in [0.2, 0.25) is 0 Å². The van der Waals surface area contributed by atoms with Crippen LogP contribution in [0.15, 0.2) is 54.6 Å². The summed E-state index contributed by atoms with van der Waals surface area (Å²) in [6.45, 7) is 0. The molecule has 0 radical (unpaired) electrons. The molecule has 2 N–H and O–H groups in total. The van der Waals surface area contributed by atoms with Crippen LogP contribution in [0, 0.1) is 0 Å². The van der Waals surface area contributed by atoms with Crippen LogP contribution in [0.4, 0.5) is 5.69 Å². The van der Waals surface area contributed by atoms with Crippen LogP contribution in [-0.4, -0.2) is 40.0 Å². The highest BCUT2D eigenvalue weighted by Crippen LogP contribution is 2.24. The quantitative estimate of drug-likeness (QED) is 0.636. The number of carbonyl (C=O) groups excluding carboxylic acids is 3. The van der Waals surface area contributed by atoms with Crippen LogP contribution in [0.25, 0.3) is 0 Å². The number of imide groups is 1. The number of hydrogen-bond donors (Lipinski definition) is 2. The molecule has 23 heavy (non-hydrogen) atoms. The second-order valence-corrected chi connectivity index (χ2v) is 5.14. The van der Waals surface area contributed by atoms with Crippen molar-refractivity contribution in [3.05, 3.63) is 65.7 Å². The monoisotopic (exact) mass is 311 g/mol. The summed E-state index contributed by atoms with van der Waals surface area (Å²) in [4.78, 5) is 36.6. The summed E-state index contributed by atoms with van der Waals surface area (Å²) in [6, 6.07) is 14.5. The number of benzene rings is 2. The molecule has 0 saturated carbocycles. The molecule has 1 aliphatic rings. The lowest BCUT2D eigenvalue weighted by Crippen LogP contribution is -2.32. The van der Waals surface area contributed by atoms with E-state index < -0.39 is 24.0 Å². The van der Waals surface area contributed by atoms with E-state index in [-0.39, 0.29) is 11.5 Å². The maximum atomic E-state index is 12.3. The standard InChI is InChI=1S/C17H13NO5/c19-13(10-4-2-1-3-5-10)11-6-8-12(9-7-11)18-16(22)14(20)15(21)17(18)23/h1-9,14-15,20-21H. The van der Waals surface area contributed by atoms with Crippen molar-refractivity contribution >= 4 is 23.3 Å². The van der Waals surface area contributed by atoms with Gasteiger partial charge in [-0.15, -0.1) is 0 Å². The first-order chi connectivity index (χ1) is 11.0. The van der Waals surface area contributed by atoms with E-state index in [0.29, 0.717) is 16.0 Å². The van der Waals surface area contributed by atoms with Crippen molar-refractivity contribution in [3.63, 3.8) is 0 Å². The summed E-state index contributed by atoms with van der Waals surface area (Å²) in [5.74, 6) is -1.95. The molecule has 6 heteroatoms. The van der Waals surface area contributed by atoms with E-state index >= 15 is 0 Å². The molecule has 2 aromatic rings. The number of hydrogen-bond acceptors (Lipinski definition) is 5. The van der Waals surface area contributed by atoms with Gasteiger partial charge in [0.1, 0.15) is 0 Å².